The molecule has 0 fully saturated rings. The quantitative estimate of drug-likeness (QED) is 0.523. The fraction of sp³-hybridized carbons (Fsp3) is 0.150. The molecular weight excluding hydrogens is 382 g/mol. The van der Waals surface area contributed by atoms with Gasteiger partial charge in [-0.3, -0.25) is 0 Å². The van der Waals surface area contributed by atoms with E-state index < -0.39 is 0 Å². The van der Waals surface area contributed by atoms with Gasteiger partial charge in [-0.05, 0) is 39.2 Å². The van der Waals surface area contributed by atoms with Gasteiger partial charge in [-0.25, -0.2) is 4.98 Å². The van der Waals surface area contributed by atoms with Crippen molar-refractivity contribution in [2.24, 2.45) is 0 Å². The van der Waals surface area contributed by atoms with Crippen LogP contribution in [0.5, 0.6) is 17.4 Å². The lowest BCUT2D eigenvalue weighted by Gasteiger charge is -2.10. The van der Waals surface area contributed by atoms with Gasteiger partial charge in [0.1, 0.15) is 29.3 Å². The standard InChI is InChI=1S/C20H18BrNO3/c1-23-17-9-7-16(8-10-17)14-25-20-12-18(11-19(21)22-20)24-13-15-5-3-2-4-6-15/h2-12H,13-14H2,1H3. The minimum absolute atomic E-state index is 0.422. The van der Waals surface area contributed by atoms with E-state index in [-0.39, 0.29) is 0 Å². The van der Waals surface area contributed by atoms with E-state index >= 15 is 0 Å². The summed E-state index contributed by atoms with van der Waals surface area (Å²) in [6, 6.07) is 21.4. The molecule has 0 unspecified atom stereocenters. The summed E-state index contributed by atoms with van der Waals surface area (Å²) < 4.78 is 17.4. The van der Waals surface area contributed by atoms with Gasteiger partial charge in [0.05, 0.1) is 7.11 Å². The Morgan fingerprint density at radius 2 is 1.48 bits per heavy atom. The summed E-state index contributed by atoms with van der Waals surface area (Å²) >= 11 is 3.40. The number of pyridine rings is 1. The van der Waals surface area contributed by atoms with Gasteiger partial charge in [0.25, 0.3) is 0 Å². The first kappa shape index (κ1) is 17.3. The van der Waals surface area contributed by atoms with Crippen LogP contribution in [0, 0.1) is 0 Å². The average molecular weight is 400 g/mol. The van der Waals surface area contributed by atoms with Crippen molar-refractivity contribution in [2.45, 2.75) is 13.2 Å². The maximum atomic E-state index is 5.83. The number of halogens is 1. The van der Waals surface area contributed by atoms with Gasteiger partial charge in [0.15, 0.2) is 0 Å². The van der Waals surface area contributed by atoms with E-state index in [0.29, 0.717) is 29.4 Å². The summed E-state index contributed by atoms with van der Waals surface area (Å²) in [6.45, 7) is 0.917. The highest BCUT2D eigenvalue weighted by atomic mass is 79.9. The van der Waals surface area contributed by atoms with Crippen molar-refractivity contribution >= 4 is 15.9 Å². The van der Waals surface area contributed by atoms with Gasteiger partial charge in [0, 0.05) is 12.1 Å². The number of benzene rings is 2. The molecule has 0 saturated heterocycles. The lowest BCUT2D eigenvalue weighted by atomic mass is 10.2. The van der Waals surface area contributed by atoms with Crippen molar-refractivity contribution in [3.63, 3.8) is 0 Å². The summed E-state index contributed by atoms with van der Waals surface area (Å²) in [7, 11) is 1.65. The second-order valence-corrected chi connectivity index (χ2v) is 6.19. The lowest BCUT2D eigenvalue weighted by Crippen LogP contribution is -2.00. The summed E-state index contributed by atoms with van der Waals surface area (Å²) in [6.07, 6.45) is 0. The molecule has 2 aromatic carbocycles. The van der Waals surface area contributed by atoms with Crippen LogP contribution in [0.3, 0.4) is 0 Å². The topological polar surface area (TPSA) is 40.6 Å². The third-order valence-corrected chi connectivity index (χ3v) is 3.94. The molecule has 0 aliphatic rings. The number of hydrogen-bond donors (Lipinski definition) is 0. The van der Waals surface area contributed by atoms with Crippen molar-refractivity contribution in [3.8, 4) is 17.4 Å². The number of ether oxygens (including phenoxy) is 3. The molecule has 0 radical (unpaired) electrons. The van der Waals surface area contributed by atoms with Crippen molar-refractivity contribution in [1.82, 2.24) is 4.98 Å². The molecule has 0 aliphatic carbocycles. The third-order valence-electron chi connectivity index (χ3n) is 3.54. The minimum Gasteiger partial charge on any atom is -0.497 e. The summed E-state index contributed by atoms with van der Waals surface area (Å²) in [5, 5.41) is 0. The minimum atomic E-state index is 0.422. The first-order chi connectivity index (χ1) is 12.2. The van der Waals surface area contributed by atoms with Crippen molar-refractivity contribution in [1.29, 1.82) is 0 Å². The smallest absolute Gasteiger partial charge is 0.218 e. The maximum Gasteiger partial charge on any atom is 0.218 e. The second-order valence-electron chi connectivity index (χ2n) is 5.37. The molecule has 0 amide bonds. The third kappa shape index (κ3) is 5.22. The van der Waals surface area contributed by atoms with Crippen molar-refractivity contribution < 1.29 is 14.2 Å². The van der Waals surface area contributed by atoms with Gasteiger partial charge in [-0.15, -0.1) is 0 Å². The molecular formula is C20H18BrNO3. The number of hydrogen-bond acceptors (Lipinski definition) is 4. The highest BCUT2D eigenvalue weighted by Gasteiger charge is 2.05. The predicted octanol–water partition coefficient (Wildman–Crippen LogP) is 5.01. The van der Waals surface area contributed by atoms with Crippen LogP contribution in [0.1, 0.15) is 11.1 Å². The number of aromatic nitrogens is 1. The lowest BCUT2D eigenvalue weighted by molar-refractivity contribution is 0.280. The highest BCUT2D eigenvalue weighted by Crippen LogP contribution is 2.24. The molecule has 1 aromatic heterocycles. The molecule has 0 spiro atoms. The van der Waals surface area contributed by atoms with E-state index in [0.717, 1.165) is 16.9 Å². The Bertz CT molecular complexity index is 807. The normalized spacial score (nSPS) is 10.3. The summed E-state index contributed by atoms with van der Waals surface area (Å²) in [5.74, 6) is 2.03. The Kier molecular flexibility index (Phi) is 5.90. The number of nitrogens with zero attached hydrogens (tertiary/aromatic N) is 1. The predicted molar refractivity (Wildman–Crippen MR) is 100 cm³/mol. The first-order valence-corrected chi connectivity index (χ1v) is 8.62. The van der Waals surface area contributed by atoms with E-state index in [1.165, 1.54) is 0 Å². The molecule has 5 heteroatoms. The van der Waals surface area contributed by atoms with E-state index in [1.54, 1.807) is 13.2 Å². The molecule has 3 rings (SSSR count). The SMILES string of the molecule is COc1ccc(COc2cc(OCc3ccccc3)cc(Br)n2)cc1. The van der Waals surface area contributed by atoms with E-state index in [1.807, 2.05) is 60.7 Å². The molecule has 0 saturated carbocycles. The molecule has 0 N–H and O–H groups in total. The molecule has 3 aromatic rings. The van der Waals surface area contributed by atoms with Gasteiger partial charge in [-0.1, -0.05) is 42.5 Å². The summed E-state index contributed by atoms with van der Waals surface area (Å²) in [4.78, 5) is 4.33. The molecule has 0 bridgehead atoms. The zero-order chi connectivity index (χ0) is 17.5. The molecule has 1 heterocycles. The molecule has 4 nitrogen and oxygen atoms in total. The van der Waals surface area contributed by atoms with Crippen molar-refractivity contribution in [3.05, 3.63) is 82.5 Å². The molecule has 128 valence electrons. The van der Waals surface area contributed by atoms with Crippen LogP contribution in [0.4, 0.5) is 0 Å². The van der Waals surface area contributed by atoms with Gasteiger partial charge < -0.3 is 14.2 Å². The van der Waals surface area contributed by atoms with Crippen LogP contribution in [-0.2, 0) is 13.2 Å². The number of methoxy groups -OCH3 is 1. The Morgan fingerprint density at radius 3 is 2.20 bits per heavy atom. The zero-order valence-electron chi connectivity index (χ0n) is 13.8. The van der Waals surface area contributed by atoms with Crippen LogP contribution in [0.2, 0.25) is 0 Å². The fourth-order valence-electron chi connectivity index (χ4n) is 2.23. The Morgan fingerprint density at radius 1 is 0.800 bits per heavy atom. The molecule has 25 heavy (non-hydrogen) atoms. The summed E-state index contributed by atoms with van der Waals surface area (Å²) in [5.41, 5.74) is 2.14. The maximum absolute atomic E-state index is 5.83. The molecule has 0 aliphatic heterocycles. The largest absolute Gasteiger partial charge is 0.497 e. The van der Waals surface area contributed by atoms with Gasteiger partial charge >= 0.3 is 0 Å². The van der Waals surface area contributed by atoms with Crippen LogP contribution in [0.15, 0.2) is 71.3 Å². The van der Waals surface area contributed by atoms with E-state index in [9.17, 15) is 0 Å². The van der Waals surface area contributed by atoms with E-state index in [4.69, 9.17) is 14.2 Å². The van der Waals surface area contributed by atoms with Crippen molar-refractivity contribution in [2.75, 3.05) is 7.11 Å². The fourth-order valence-corrected chi connectivity index (χ4v) is 2.63. The first-order valence-electron chi connectivity index (χ1n) is 7.83. The van der Waals surface area contributed by atoms with Gasteiger partial charge in [0.2, 0.25) is 5.88 Å². The average Bonchev–Trinajstić information content (AvgIpc) is 2.66. The second kappa shape index (κ2) is 8.53. The van der Waals surface area contributed by atoms with E-state index in [2.05, 4.69) is 20.9 Å². The monoisotopic (exact) mass is 399 g/mol. The van der Waals surface area contributed by atoms with Crippen LogP contribution in [0.25, 0.3) is 0 Å². The molecule has 0 atom stereocenters. The van der Waals surface area contributed by atoms with Crippen LogP contribution >= 0.6 is 15.9 Å². The van der Waals surface area contributed by atoms with Gasteiger partial charge in [-0.2, -0.15) is 0 Å². The Labute approximate surface area is 155 Å². The van der Waals surface area contributed by atoms with Crippen LogP contribution in [-0.4, -0.2) is 12.1 Å². The number of rotatable bonds is 7. The Hall–Kier alpha value is -2.53. The highest BCUT2D eigenvalue weighted by molar-refractivity contribution is 9.10. The Balaban J connectivity index is 1.62. The van der Waals surface area contributed by atoms with Crippen LogP contribution < -0.4 is 14.2 Å². The zero-order valence-corrected chi connectivity index (χ0v) is 15.4.